The van der Waals surface area contributed by atoms with E-state index in [9.17, 15) is 4.39 Å². The molecule has 3 heteroatoms. The topological polar surface area (TPSA) is 17.8 Å². The summed E-state index contributed by atoms with van der Waals surface area (Å²) in [6, 6.07) is 0. The van der Waals surface area contributed by atoms with E-state index in [1.165, 1.54) is 24.1 Å². The molecule has 0 N–H and O–H groups in total. The summed E-state index contributed by atoms with van der Waals surface area (Å²) < 4.78 is 15.8. The van der Waals surface area contributed by atoms with E-state index in [1.807, 2.05) is 0 Å². The van der Waals surface area contributed by atoms with Crippen LogP contribution in [0, 0.1) is 5.92 Å². The van der Waals surface area contributed by atoms with Gasteiger partial charge >= 0.3 is 0 Å². The zero-order valence-electron chi connectivity index (χ0n) is 11.1. The van der Waals surface area contributed by atoms with Crippen LogP contribution in [0.5, 0.6) is 0 Å². The van der Waals surface area contributed by atoms with E-state index in [0.29, 0.717) is 11.6 Å². The quantitative estimate of drug-likeness (QED) is 0.726. The molecule has 0 spiro atoms. The van der Waals surface area contributed by atoms with Crippen LogP contribution in [0.25, 0.3) is 0 Å². The van der Waals surface area contributed by atoms with E-state index in [4.69, 9.17) is 0 Å². The number of rotatable bonds is 1. The Morgan fingerprint density at radius 2 is 2.12 bits per heavy atom. The molecule has 17 heavy (non-hydrogen) atoms. The molecule has 2 nitrogen and oxygen atoms in total. The molecule has 0 saturated heterocycles. The third kappa shape index (κ3) is 1.62. The van der Waals surface area contributed by atoms with Gasteiger partial charge in [0, 0.05) is 11.6 Å². The van der Waals surface area contributed by atoms with Gasteiger partial charge in [0.2, 0.25) is 0 Å². The Labute approximate surface area is 102 Å². The Morgan fingerprint density at radius 3 is 2.71 bits per heavy atom. The maximum absolute atomic E-state index is 13.7. The Hall–Kier alpha value is -0.860. The van der Waals surface area contributed by atoms with Gasteiger partial charge in [-0.3, -0.25) is 4.68 Å². The molecule has 0 amide bonds. The molecular formula is C14H21FN2. The molecule has 3 unspecified atom stereocenters. The van der Waals surface area contributed by atoms with Gasteiger partial charge in [0.25, 0.3) is 0 Å². The van der Waals surface area contributed by atoms with Gasteiger partial charge in [-0.15, -0.1) is 0 Å². The van der Waals surface area contributed by atoms with Gasteiger partial charge in [0.1, 0.15) is 6.17 Å². The lowest BCUT2D eigenvalue weighted by molar-refractivity contribution is 0.322. The van der Waals surface area contributed by atoms with Crippen LogP contribution in [0.1, 0.15) is 69.6 Å². The van der Waals surface area contributed by atoms with Gasteiger partial charge in [-0.2, -0.15) is 5.10 Å². The Morgan fingerprint density at radius 1 is 1.41 bits per heavy atom. The molecule has 2 aliphatic rings. The molecule has 1 heterocycles. The highest BCUT2D eigenvalue weighted by Gasteiger charge is 2.47. The van der Waals surface area contributed by atoms with Crippen LogP contribution in [-0.4, -0.2) is 9.78 Å². The molecule has 94 valence electrons. The van der Waals surface area contributed by atoms with Crippen molar-refractivity contribution in [1.29, 1.82) is 0 Å². The first-order valence-corrected chi connectivity index (χ1v) is 6.66. The lowest BCUT2D eigenvalue weighted by Gasteiger charge is -2.24. The summed E-state index contributed by atoms with van der Waals surface area (Å²) in [7, 11) is 0. The summed E-state index contributed by atoms with van der Waals surface area (Å²) in [6.45, 7) is 8.06. The molecule has 1 fully saturated rings. The first-order valence-electron chi connectivity index (χ1n) is 6.66. The first kappa shape index (κ1) is 11.2. The highest BCUT2D eigenvalue weighted by atomic mass is 19.1. The first-order chi connectivity index (χ1) is 7.89. The van der Waals surface area contributed by atoms with Gasteiger partial charge in [-0.1, -0.05) is 0 Å². The fourth-order valence-corrected chi connectivity index (χ4v) is 3.18. The number of nitrogens with zero attached hydrogens (tertiary/aromatic N) is 2. The normalized spacial score (nSPS) is 28.5. The molecule has 2 aliphatic carbocycles. The monoisotopic (exact) mass is 236 g/mol. The van der Waals surface area contributed by atoms with E-state index >= 15 is 0 Å². The van der Waals surface area contributed by atoms with Crippen LogP contribution in [0.4, 0.5) is 4.39 Å². The highest BCUT2D eigenvalue weighted by molar-refractivity contribution is 5.38. The van der Waals surface area contributed by atoms with Crippen molar-refractivity contribution in [1.82, 2.24) is 9.78 Å². The maximum Gasteiger partial charge on any atom is 0.141 e. The largest absolute Gasteiger partial charge is 0.263 e. The van der Waals surface area contributed by atoms with E-state index < -0.39 is 6.17 Å². The minimum atomic E-state index is -0.942. The van der Waals surface area contributed by atoms with Crippen LogP contribution in [0.2, 0.25) is 0 Å². The van der Waals surface area contributed by atoms with E-state index in [-0.39, 0.29) is 5.54 Å². The number of hydrogen-bond acceptors (Lipinski definition) is 1. The van der Waals surface area contributed by atoms with Crippen molar-refractivity contribution in [3.05, 3.63) is 17.0 Å². The van der Waals surface area contributed by atoms with Crippen molar-refractivity contribution in [2.24, 2.45) is 5.92 Å². The van der Waals surface area contributed by atoms with Crippen molar-refractivity contribution in [3.8, 4) is 0 Å². The van der Waals surface area contributed by atoms with Gasteiger partial charge in [-0.25, -0.2) is 4.39 Å². The number of fused-ring (bicyclic) bond motifs is 3. The van der Waals surface area contributed by atoms with Gasteiger partial charge < -0.3 is 0 Å². The number of alkyl halides is 1. The zero-order chi connectivity index (χ0) is 12.4. The molecule has 3 rings (SSSR count). The number of halogens is 1. The summed E-state index contributed by atoms with van der Waals surface area (Å²) in [5.41, 5.74) is 3.21. The molecule has 0 aromatic carbocycles. The van der Waals surface area contributed by atoms with Gasteiger partial charge in [0.15, 0.2) is 0 Å². The average Bonchev–Trinajstić information content (AvgIpc) is 2.88. The number of hydrogen-bond donors (Lipinski definition) is 0. The minimum Gasteiger partial charge on any atom is -0.263 e. The van der Waals surface area contributed by atoms with Gasteiger partial charge in [-0.05, 0) is 58.4 Å². The van der Waals surface area contributed by atoms with Crippen LogP contribution >= 0.6 is 0 Å². The van der Waals surface area contributed by atoms with Crippen molar-refractivity contribution < 1.29 is 4.39 Å². The maximum atomic E-state index is 13.7. The molecule has 1 aromatic heterocycles. The molecule has 0 bridgehead atoms. The third-order valence-corrected chi connectivity index (χ3v) is 4.11. The Balaban J connectivity index is 2.17. The summed E-state index contributed by atoms with van der Waals surface area (Å²) in [4.78, 5) is 0. The summed E-state index contributed by atoms with van der Waals surface area (Å²) in [5.74, 6) is 1.51. The fraction of sp³-hybridized carbons (Fsp3) is 0.786. The fourth-order valence-electron chi connectivity index (χ4n) is 3.18. The van der Waals surface area contributed by atoms with Crippen LogP contribution in [0.15, 0.2) is 0 Å². The van der Waals surface area contributed by atoms with E-state index in [1.54, 1.807) is 6.92 Å². The predicted octanol–water partition coefficient (Wildman–Crippen LogP) is 3.72. The van der Waals surface area contributed by atoms with E-state index in [0.717, 1.165) is 12.3 Å². The van der Waals surface area contributed by atoms with Crippen LogP contribution in [-0.2, 0) is 12.0 Å². The van der Waals surface area contributed by atoms with Crippen molar-refractivity contribution in [3.63, 3.8) is 0 Å². The summed E-state index contributed by atoms with van der Waals surface area (Å²) >= 11 is 0. The van der Waals surface area contributed by atoms with Crippen LogP contribution in [0.3, 0.4) is 0 Å². The summed E-state index contributed by atoms with van der Waals surface area (Å²) in [6.07, 6.45) is 2.60. The molecule has 0 aliphatic heterocycles. The second kappa shape index (κ2) is 3.33. The molecule has 3 atom stereocenters. The molecular weight excluding hydrogens is 215 g/mol. The predicted molar refractivity (Wildman–Crippen MR) is 65.9 cm³/mol. The Kier molecular flexibility index (Phi) is 2.20. The van der Waals surface area contributed by atoms with Crippen molar-refractivity contribution in [2.75, 3.05) is 0 Å². The molecule has 1 saturated carbocycles. The second-order valence-corrected chi connectivity index (χ2v) is 6.59. The highest BCUT2D eigenvalue weighted by Crippen LogP contribution is 2.56. The SMILES string of the molecule is CC(F)c1nn(C(C)(C)C)c2c1CCC1CC21. The second-order valence-electron chi connectivity index (χ2n) is 6.59. The smallest absolute Gasteiger partial charge is 0.141 e. The minimum absolute atomic E-state index is 0.0400. The van der Waals surface area contributed by atoms with Gasteiger partial charge in [0.05, 0.1) is 11.2 Å². The third-order valence-electron chi connectivity index (χ3n) is 4.11. The van der Waals surface area contributed by atoms with Crippen LogP contribution < -0.4 is 0 Å². The molecule has 1 aromatic rings. The lowest BCUT2D eigenvalue weighted by Crippen LogP contribution is -2.26. The van der Waals surface area contributed by atoms with Crippen molar-refractivity contribution >= 4 is 0 Å². The lowest BCUT2D eigenvalue weighted by atomic mass is 9.94. The average molecular weight is 236 g/mol. The van der Waals surface area contributed by atoms with E-state index in [2.05, 4.69) is 30.6 Å². The standard InChI is InChI=1S/C14H21FN2/c1-8(15)12-10-6-5-9-7-11(9)13(10)17(16-12)14(2,3)4/h8-9,11H,5-7H2,1-4H3. The summed E-state index contributed by atoms with van der Waals surface area (Å²) in [5, 5.41) is 4.58. The zero-order valence-corrected chi connectivity index (χ0v) is 11.1. The number of aromatic nitrogens is 2. The van der Waals surface area contributed by atoms with Crippen molar-refractivity contribution in [2.45, 2.75) is 64.6 Å². The Bertz CT molecular complexity index is 454. The molecule has 0 radical (unpaired) electrons.